The van der Waals surface area contributed by atoms with Crippen molar-refractivity contribution in [2.75, 3.05) is 9.80 Å². The lowest BCUT2D eigenvalue weighted by atomic mass is 9.32. The first-order valence-electron chi connectivity index (χ1n) is 25.6. The third-order valence-corrected chi connectivity index (χ3v) is 17.1. The molecule has 4 aliphatic rings. The number of hydrogen-bond acceptors (Lipinski definition) is 2. The molecular formula is C64H77BN2. The number of rotatable bonds is 3. The van der Waals surface area contributed by atoms with Gasteiger partial charge in [0.05, 0.1) is 5.69 Å². The van der Waals surface area contributed by atoms with Crippen LogP contribution in [0.25, 0.3) is 11.1 Å². The molecule has 0 bridgehead atoms. The van der Waals surface area contributed by atoms with Crippen molar-refractivity contribution >= 4 is 57.2 Å². The normalized spacial score (nSPS) is 18.7. The van der Waals surface area contributed by atoms with Gasteiger partial charge in [0, 0.05) is 34.0 Å². The largest absolute Gasteiger partial charge is 0.311 e. The van der Waals surface area contributed by atoms with Crippen molar-refractivity contribution in [1.82, 2.24) is 0 Å². The first-order valence-corrected chi connectivity index (χ1v) is 25.6. The van der Waals surface area contributed by atoms with E-state index in [-0.39, 0.29) is 44.6 Å². The number of fused-ring (bicyclic) bond motifs is 6. The molecule has 0 saturated carbocycles. The van der Waals surface area contributed by atoms with E-state index in [4.69, 9.17) is 0 Å². The van der Waals surface area contributed by atoms with E-state index >= 15 is 0 Å². The molecule has 2 heterocycles. The number of nitrogens with zero attached hydrogens (tertiary/aromatic N) is 2. The molecule has 0 spiro atoms. The van der Waals surface area contributed by atoms with Crippen molar-refractivity contribution in [3.63, 3.8) is 0 Å². The molecule has 0 amide bonds. The maximum Gasteiger partial charge on any atom is 0.252 e. The zero-order chi connectivity index (χ0) is 48.2. The fourth-order valence-corrected chi connectivity index (χ4v) is 12.3. The Kier molecular flexibility index (Phi) is 10.1. The Balaban J connectivity index is 1.37. The van der Waals surface area contributed by atoms with Crippen LogP contribution in [-0.2, 0) is 37.9 Å². The summed E-state index contributed by atoms with van der Waals surface area (Å²) in [5.74, 6) is 0. The quantitative estimate of drug-likeness (QED) is 0.163. The molecule has 2 aliphatic heterocycles. The molecule has 3 heteroatoms. The smallest absolute Gasteiger partial charge is 0.252 e. The van der Waals surface area contributed by atoms with Crippen molar-refractivity contribution in [3.05, 3.63) is 148 Å². The van der Waals surface area contributed by atoms with Gasteiger partial charge < -0.3 is 9.80 Å². The molecule has 2 nitrogen and oxygen atoms in total. The van der Waals surface area contributed by atoms with Crippen LogP contribution in [0.3, 0.4) is 0 Å². The molecular weight excluding hydrogens is 808 g/mol. The van der Waals surface area contributed by atoms with Crippen LogP contribution in [0.4, 0.5) is 34.1 Å². The maximum absolute atomic E-state index is 2.73. The molecule has 67 heavy (non-hydrogen) atoms. The Morgan fingerprint density at radius 1 is 0.388 bits per heavy atom. The van der Waals surface area contributed by atoms with E-state index in [0.29, 0.717) is 0 Å². The van der Waals surface area contributed by atoms with Gasteiger partial charge in [-0.2, -0.15) is 0 Å². The fourth-order valence-electron chi connectivity index (χ4n) is 12.3. The minimum Gasteiger partial charge on any atom is -0.311 e. The van der Waals surface area contributed by atoms with Crippen molar-refractivity contribution in [2.45, 2.75) is 181 Å². The Labute approximate surface area is 405 Å². The van der Waals surface area contributed by atoms with Gasteiger partial charge in [-0.25, -0.2) is 0 Å². The Hall–Kier alpha value is -5.02. The molecule has 6 aromatic rings. The van der Waals surface area contributed by atoms with Gasteiger partial charge in [-0.3, -0.25) is 0 Å². The van der Waals surface area contributed by atoms with Crippen molar-refractivity contribution < 1.29 is 0 Å². The van der Waals surface area contributed by atoms with Gasteiger partial charge >= 0.3 is 0 Å². The second-order valence-electron chi connectivity index (χ2n) is 26.9. The van der Waals surface area contributed by atoms with Crippen LogP contribution in [0.1, 0.15) is 182 Å². The lowest BCUT2D eigenvalue weighted by Crippen LogP contribution is -2.62. The average molecular weight is 885 g/mol. The van der Waals surface area contributed by atoms with E-state index in [9.17, 15) is 0 Å². The monoisotopic (exact) mass is 885 g/mol. The summed E-state index contributed by atoms with van der Waals surface area (Å²) < 4.78 is 0. The van der Waals surface area contributed by atoms with Crippen LogP contribution in [0.5, 0.6) is 0 Å². The van der Waals surface area contributed by atoms with E-state index in [0.717, 1.165) is 0 Å². The Morgan fingerprint density at radius 2 is 0.866 bits per heavy atom. The summed E-state index contributed by atoms with van der Waals surface area (Å²) in [6, 6.07) is 44.1. The van der Waals surface area contributed by atoms with Crippen molar-refractivity contribution in [3.8, 4) is 11.1 Å². The van der Waals surface area contributed by atoms with Crippen LogP contribution in [-0.4, -0.2) is 6.71 Å². The highest BCUT2D eigenvalue weighted by Crippen LogP contribution is 2.54. The predicted molar refractivity (Wildman–Crippen MR) is 293 cm³/mol. The summed E-state index contributed by atoms with van der Waals surface area (Å²) in [6.45, 7) is 41.2. The van der Waals surface area contributed by atoms with E-state index in [1.165, 1.54) is 126 Å². The minimum absolute atomic E-state index is 0.00969. The Bertz CT molecular complexity index is 2980. The molecule has 346 valence electrons. The molecule has 0 radical (unpaired) electrons. The molecule has 2 aliphatic carbocycles. The van der Waals surface area contributed by atoms with Crippen molar-refractivity contribution in [2.24, 2.45) is 0 Å². The van der Waals surface area contributed by atoms with Crippen molar-refractivity contribution in [1.29, 1.82) is 0 Å². The number of anilines is 6. The lowest BCUT2D eigenvalue weighted by Gasteiger charge is -2.48. The van der Waals surface area contributed by atoms with E-state index < -0.39 is 0 Å². The summed E-state index contributed by atoms with van der Waals surface area (Å²) in [5, 5.41) is 0. The van der Waals surface area contributed by atoms with Crippen LogP contribution < -0.4 is 26.2 Å². The first-order chi connectivity index (χ1) is 31.1. The fraction of sp³-hybridized carbons (Fsp3) is 0.438. The molecule has 0 atom stereocenters. The van der Waals surface area contributed by atoms with Crippen LogP contribution in [0.15, 0.2) is 109 Å². The SMILES string of the molecule is CC(C)(C)c1ccc2c(c1)B1c3cc4c(cc3N(c3ccc5c(c3)C(C)(C)CCC5(C)C)c3cc(C(C)(C)C)cc(c31)N2c1ccc(C(C)(C)C)cc1-c1ccccc1)C(C)(C)CCC4(C)C. The standard InChI is InChI=1S/C64H77BN2/c1-58(2,3)41-23-27-52(45(33-41)40-21-19-18-20-22-40)67-53-28-24-42(59(4,5)6)34-50(53)65-51-38-48-49(64(16,17)32-31-63(48,14)15)39-54(51)66(55-35-43(60(7,8)9)36-56(67)57(55)65)44-25-26-46-47(37-44)62(12,13)30-29-61(46,10)11/h18-28,33-39H,29-32H2,1-17H3. The van der Waals surface area contributed by atoms with Crippen LogP contribution in [0.2, 0.25) is 0 Å². The van der Waals surface area contributed by atoms with Gasteiger partial charge in [-0.05, 0) is 173 Å². The maximum atomic E-state index is 2.73. The van der Waals surface area contributed by atoms with E-state index in [1.807, 2.05) is 0 Å². The highest BCUT2D eigenvalue weighted by molar-refractivity contribution is 7.00. The van der Waals surface area contributed by atoms with E-state index in [1.54, 1.807) is 0 Å². The summed E-state index contributed by atoms with van der Waals surface area (Å²) >= 11 is 0. The highest BCUT2D eigenvalue weighted by atomic mass is 15.2. The van der Waals surface area contributed by atoms with Gasteiger partial charge in [0.1, 0.15) is 0 Å². The Morgan fingerprint density at radius 3 is 1.43 bits per heavy atom. The molecule has 6 aromatic carbocycles. The molecule has 0 N–H and O–H groups in total. The molecule has 0 fully saturated rings. The number of hydrogen-bond donors (Lipinski definition) is 0. The van der Waals surface area contributed by atoms with Gasteiger partial charge in [0.15, 0.2) is 0 Å². The second-order valence-corrected chi connectivity index (χ2v) is 26.9. The third-order valence-electron chi connectivity index (χ3n) is 17.1. The van der Waals surface area contributed by atoms with Gasteiger partial charge in [0.2, 0.25) is 0 Å². The molecule has 0 saturated heterocycles. The van der Waals surface area contributed by atoms with Crippen LogP contribution in [0, 0.1) is 0 Å². The van der Waals surface area contributed by atoms with E-state index in [2.05, 4.69) is 237 Å². The number of benzene rings is 6. The summed E-state index contributed by atoms with van der Waals surface area (Å²) in [4.78, 5) is 5.40. The van der Waals surface area contributed by atoms with Crippen LogP contribution >= 0.6 is 0 Å². The molecule has 0 unspecified atom stereocenters. The summed E-state index contributed by atoms with van der Waals surface area (Å²) in [6.07, 6.45) is 4.74. The summed E-state index contributed by atoms with van der Waals surface area (Å²) in [5.41, 5.74) is 24.7. The van der Waals surface area contributed by atoms with Gasteiger partial charge in [-0.1, -0.05) is 178 Å². The third kappa shape index (κ3) is 7.34. The highest BCUT2D eigenvalue weighted by Gasteiger charge is 2.48. The van der Waals surface area contributed by atoms with Gasteiger partial charge in [0.25, 0.3) is 6.71 Å². The topological polar surface area (TPSA) is 6.48 Å². The summed E-state index contributed by atoms with van der Waals surface area (Å²) in [7, 11) is 0. The zero-order valence-electron chi connectivity index (χ0n) is 44.2. The lowest BCUT2D eigenvalue weighted by molar-refractivity contribution is 0.332. The first kappa shape index (κ1) is 45.8. The molecule has 0 aromatic heterocycles. The molecule has 10 rings (SSSR count). The second kappa shape index (κ2) is 14.7. The van der Waals surface area contributed by atoms with Gasteiger partial charge in [-0.15, -0.1) is 0 Å². The zero-order valence-corrected chi connectivity index (χ0v) is 44.2. The predicted octanol–water partition coefficient (Wildman–Crippen LogP) is 16.0. The average Bonchev–Trinajstić information content (AvgIpc) is 3.25. The minimum atomic E-state index is -0.114.